The second-order valence-electron chi connectivity index (χ2n) is 6.69. The fourth-order valence-electron chi connectivity index (χ4n) is 3.08. The summed E-state index contributed by atoms with van der Waals surface area (Å²) in [6, 6.07) is 14.5. The normalized spacial score (nSPS) is 11.6. The van der Waals surface area contributed by atoms with Crippen LogP contribution in [0.25, 0.3) is 10.8 Å². The number of hydrogen-bond acceptors (Lipinski definition) is 4. The molecule has 0 aliphatic carbocycles. The molecule has 0 aliphatic heterocycles. The fourth-order valence-corrected chi connectivity index (χ4v) is 3.08. The monoisotopic (exact) mass is 394 g/mol. The number of benzene rings is 2. The van der Waals surface area contributed by atoms with Crippen molar-refractivity contribution in [1.29, 1.82) is 0 Å². The molecule has 0 aliphatic rings. The van der Waals surface area contributed by atoms with Crippen LogP contribution < -0.4 is 15.4 Å². The van der Waals surface area contributed by atoms with E-state index in [1.165, 1.54) is 10.8 Å². The Kier molecular flexibility index (Phi) is 7.86. The molecule has 2 N–H and O–H groups in total. The minimum absolute atomic E-state index is 0.641. The van der Waals surface area contributed by atoms with Gasteiger partial charge < -0.3 is 19.9 Å². The summed E-state index contributed by atoms with van der Waals surface area (Å²) in [6.45, 7) is 7.90. The Morgan fingerprint density at radius 2 is 1.97 bits per heavy atom. The minimum Gasteiger partial charge on any atom is -0.494 e. The summed E-state index contributed by atoms with van der Waals surface area (Å²) in [5.74, 6) is 2.72. The van der Waals surface area contributed by atoms with E-state index in [1.807, 2.05) is 18.2 Å². The van der Waals surface area contributed by atoms with Crippen LogP contribution in [0.3, 0.4) is 0 Å². The maximum absolute atomic E-state index is 5.88. The lowest BCUT2D eigenvalue weighted by Gasteiger charge is -2.12. The van der Waals surface area contributed by atoms with E-state index in [2.05, 4.69) is 68.5 Å². The molecule has 0 saturated carbocycles. The van der Waals surface area contributed by atoms with E-state index < -0.39 is 0 Å². The number of nitrogens with zero attached hydrogens (tertiary/aromatic N) is 4. The lowest BCUT2D eigenvalue weighted by molar-refractivity contribution is 0.314. The first kappa shape index (κ1) is 20.6. The SMILES string of the molecule is CCNC(=NCCCOc1ccc2ccccc2c1)NCCn1cnnc1CC. The van der Waals surface area contributed by atoms with E-state index in [4.69, 9.17) is 4.74 Å². The Morgan fingerprint density at radius 1 is 1.10 bits per heavy atom. The van der Waals surface area contributed by atoms with E-state index in [0.717, 1.165) is 50.0 Å². The summed E-state index contributed by atoms with van der Waals surface area (Å²) in [6.07, 6.45) is 3.51. The smallest absolute Gasteiger partial charge is 0.191 e. The van der Waals surface area contributed by atoms with Crippen LogP contribution in [0.1, 0.15) is 26.1 Å². The van der Waals surface area contributed by atoms with Crippen molar-refractivity contribution >= 4 is 16.7 Å². The van der Waals surface area contributed by atoms with E-state index in [1.54, 1.807) is 6.33 Å². The van der Waals surface area contributed by atoms with Gasteiger partial charge in [-0.25, -0.2) is 0 Å². The van der Waals surface area contributed by atoms with Gasteiger partial charge in [0.2, 0.25) is 0 Å². The van der Waals surface area contributed by atoms with Crippen molar-refractivity contribution in [3.05, 3.63) is 54.6 Å². The predicted molar refractivity (Wildman–Crippen MR) is 117 cm³/mol. The summed E-state index contributed by atoms with van der Waals surface area (Å²) < 4.78 is 7.95. The lowest BCUT2D eigenvalue weighted by Crippen LogP contribution is -2.39. The van der Waals surface area contributed by atoms with Gasteiger partial charge in [0, 0.05) is 39.0 Å². The van der Waals surface area contributed by atoms with Crippen LogP contribution >= 0.6 is 0 Å². The molecule has 1 aromatic heterocycles. The number of aliphatic imine (C=N–C) groups is 1. The standard InChI is InChI=1S/C22H30N6O/c1-3-21-27-26-17-28(21)14-13-25-22(23-4-2)24-12-7-15-29-20-11-10-18-8-5-6-9-19(18)16-20/h5-6,8-11,16-17H,3-4,7,12-15H2,1-2H3,(H2,23,24,25). The molecule has 0 unspecified atom stereocenters. The third kappa shape index (κ3) is 6.20. The van der Waals surface area contributed by atoms with Crippen LogP contribution in [0, 0.1) is 0 Å². The van der Waals surface area contributed by atoms with Crippen LogP contribution in [0.2, 0.25) is 0 Å². The second kappa shape index (κ2) is 11.0. The van der Waals surface area contributed by atoms with Gasteiger partial charge in [-0.2, -0.15) is 0 Å². The molecular weight excluding hydrogens is 364 g/mol. The molecule has 0 saturated heterocycles. The Hall–Kier alpha value is -3.09. The number of rotatable bonds is 10. The fraction of sp³-hybridized carbons (Fsp3) is 0.409. The van der Waals surface area contributed by atoms with Crippen molar-refractivity contribution in [2.75, 3.05) is 26.2 Å². The molecule has 3 rings (SSSR count). The number of nitrogens with one attached hydrogen (secondary N) is 2. The molecule has 0 spiro atoms. The van der Waals surface area contributed by atoms with E-state index in [-0.39, 0.29) is 0 Å². The third-order valence-corrected chi connectivity index (χ3v) is 4.56. The summed E-state index contributed by atoms with van der Waals surface area (Å²) in [5, 5.41) is 17.1. The van der Waals surface area contributed by atoms with Crippen LogP contribution in [0.15, 0.2) is 53.8 Å². The zero-order valence-electron chi connectivity index (χ0n) is 17.3. The molecule has 7 heteroatoms. The molecule has 0 amide bonds. The summed E-state index contributed by atoms with van der Waals surface area (Å²) >= 11 is 0. The molecule has 0 fully saturated rings. The molecule has 29 heavy (non-hydrogen) atoms. The Bertz CT molecular complexity index is 920. The highest BCUT2D eigenvalue weighted by atomic mass is 16.5. The highest BCUT2D eigenvalue weighted by Gasteiger charge is 2.02. The van der Waals surface area contributed by atoms with Gasteiger partial charge in [-0.05, 0) is 29.8 Å². The number of ether oxygens (including phenoxy) is 1. The largest absolute Gasteiger partial charge is 0.494 e. The second-order valence-corrected chi connectivity index (χ2v) is 6.69. The molecule has 1 heterocycles. The van der Waals surface area contributed by atoms with E-state index in [9.17, 15) is 0 Å². The molecule has 7 nitrogen and oxygen atoms in total. The molecule has 0 bridgehead atoms. The maximum atomic E-state index is 5.88. The van der Waals surface area contributed by atoms with Crippen molar-refractivity contribution in [3.63, 3.8) is 0 Å². The topological polar surface area (TPSA) is 76.4 Å². The van der Waals surface area contributed by atoms with E-state index >= 15 is 0 Å². The van der Waals surface area contributed by atoms with Crippen LogP contribution in [0.4, 0.5) is 0 Å². The first-order chi connectivity index (χ1) is 14.3. The van der Waals surface area contributed by atoms with Gasteiger partial charge in [-0.15, -0.1) is 10.2 Å². The Labute approximate surface area is 172 Å². The van der Waals surface area contributed by atoms with Crippen molar-refractivity contribution in [2.45, 2.75) is 33.2 Å². The van der Waals surface area contributed by atoms with Gasteiger partial charge in [-0.1, -0.05) is 37.3 Å². The maximum Gasteiger partial charge on any atom is 0.191 e. The molecule has 0 radical (unpaired) electrons. The lowest BCUT2D eigenvalue weighted by atomic mass is 10.1. The number of fused-ring (bicyclic) bond motifs is 1. The predicted octanol–water partition coefficient (Wildman–Crippen LogP) is 3.02. The minimum atomic E-state index is 0.641. The average molecular weight is 395 g/mol. The van der Waals surface area contributed by atoms with Gasteiger partial charge in [0.25, 0.3) is 0 Å². The third-order valence-electron chi connectivity index (χ3n) is 4.56. The Balaban J connectivity index is 1.41. The van der Waals surface area contributed by atoms with Crippen LogP contribution in [-0.2, 0) is 13.0 Å². The highest BCUT2D eigenvalue weighted by Crippen LogP contribution is 2.20. The van der Waals surface area contributed by atoms with Gasteiger partial charge in [0.1, 0.15) is 17.9 Å². The Morgan fingerprint density at radius 3 is 2.79 bits per heavy atom. The van der Waals surface area contributed by atoms with Crippen LogP contribution in [0.5, 0.6) is 5.75 Å². The molecule has 154 valence electrons. The van der Waals surface area contributed by atoms with Crippen molar-refractivity contribution in [3.8, 4) is 5.75 Å². The summed E-state index contributed by atoms with van der Waals surface area (Å²) in [5.41, 5.74) is 0. The van der Waals surface area contributed by atoms with Crippen molar-refractivity contribution in [2.24, 2.45) is 4.99 Å². The van der Waals surface area contributed by atoms with Crippen LogP contribution in [-0.4, -0.2) is 47.0 Å². The average Bonchev–Trinajstić information content (AvgIpc) is 3.21. The van der Waals surface area contributed by atoms with Gasteiger partial charge in [0.05, 0.1) is 6.61 Å². The zero-order valence-corrected chi connectivity index (χ0v) is 17.3. The van der Waals surface area contributed by atoms with Gasteiger partial charge in [0.15, 0.2) is 5.96 Å². The summed E-state index contributed by atoms with van der Waals surface area (Å²) in [7, 11) is 0. The molecule has 2 aromatic carbocycles. The highest BCUT2D eigenvalue weighted by molar-refractivity contribution is 5.83. The summed E-state index contributed by atoms with van der Waals surface area (Å²) in [4.78, 5) is 4.63. The number of aromatic nitrogens is 3. The number of guanidine groups is 1. The van der Waals surface area contributed by atoms with Crippen molar-refractivity contribution < 1.29 is 4.74 Å². The number of aryl methyl sites for hydroxylation is 1. The first-order valence-corrected chi connectivity index (χ1v) is 10.3. The van der Waals surface area contributed by atoms with Gasteiger partial charge >= 0.3 is 0 Å². The quantitative estimate of drug-likeness (QED) is 0.314. The number of hydrogen-bond donors (Lipinski definition) is 2. The molecule has 3 aromatic rings. The van der Waals surface area contributed by atoms with Crippen molar-refractivity contribution in [1.82, 2.24) is 25.4 Å². The first-order valence-electron chi connectivity index (χ1n) is 10.3. The molecular formula is C22H30N6O. The zero-order chi connectivity index (χ0) is 20.3. The molecule has 0 atom stereocenters. The van der Waals surface area contributed by atoms with E-state index in [0.29, 0.717) is 13.2 Å². The van der Waals surface area contributed by atoms with Gasteiger partial charge in [-0.3, -0.25) is 4.99 Å².